The SMILES string of the molecule is COc1ccccc1CNC(=O)C1Cc2ccccc2CN1C(=O)c1ccccc1Cl. The first-order chi connectivity index (χ1) is 15.1. The number of amides is 2. The highest BCUT2D eigenvalue weighted by Crippen LogP contribution is 2.27. The molecule has 31 heavy (non-hydrogen) atoms. The van der Waals surface area contributed by atoms with Crippen LogP contribution in [-0.4, -0.2) is 29.9 Å². The number of nitrogens with zero attached hydrogens (tertiary/aromatic N) is 1. The molecule has 0 fully saturated rings. The molecule has 0 saturated heterocycles. The molecule has 3 aromatic carbocycles. The van der Waals surface area contributed by atoms with Crippen LogP contribution in [0, 0.1) is 0 Å². The Morgan fingerprint density at radius 2 is 1.68 bits per heavy atom. The van der Waals surface area contributed by atoms with E-state index in [2.05, 4.69) is 5.32 Å². The zero-order valence-corrected chi connectivity index (χ0v) is 17.9. The summed E-state index contributed by atoms with van der Waals surface area (Å²) in [5, 5.41) is 3.35. The fourth-order valence-electron chi connectivity index (χ4n) is 3.91. The van der Waals surface area contributed by atoms with Gasteiger partial charge in [-0.1, -0.05) is 66.2 Å². The number of fused-ring (bicyclic) bond motifs is 1. The third kappa shape index (κ3) is 4.42. The van der Waals surface area contributed by atoms with Gasteiger partial charge in [0.1, 0.15) is 11.8 Å². The topological polar surface area (TPSA) is 58.6 Å². The summed E-state index contributed by atoms with van der Waals surface area (Å²) in [6.07, 6.45) is 0.449. The number of nitrogens with one attached hydrogen (secondary N) is 1. The Hall–Kier alpha value is -3.31. The lowest BCUT2D eigenvalue weighted by Gasteiger charge is -2.36. The Kier molecular flexibility index (Phi) is 6.23. The van der Waals surface area contributed by atoms with Crippen molar-refractivity contribution in [3.8, 4) is 5.75 Å². The van der Waals surface area contributed by atoms with Gasteiger partial charge in [-0.05, 0) is 29.3 Å². The van der Waals surface area contributed by atoms with Crippen molar-refractivity contribution in [1.29, 1.82) is 0 Å². The zero-order chi connectivity index (χ0) is 21.8. The van der Waals surface area contributed by atoms with Crippen molar-refractivity contribution in [2.75, 3.05) is 7.11 Å². The molecule has 4 rings (SSSR count). The van der Waals surface area contributed by atoms with Gasteiger partial charge in [-0.25, -0.2) is 0 Å². The number of hydrogen-bond acceptors (Lipinski definition) is 3. The van der Waals surface area contributed by atoms with Crippen molar-refractivity contribution in [1.82, 2.24) is 10.2 Å². The van der Waals surface area contributed by atoms with Crippen LogP contribution in [0.1, 0.15) is 27.0 Å². The van der Waals surface area contributed by atoms with Crippen molar-refractivity contribution < 1.29 is 14.3 Å². The van der Waals surface area contributed by atoms with E-state index in [1.807, 2.05) is 48.5 Å². The van der Waals surface area contributed by atoms with Gasteiger partial charge in [0.15, 0.2) is 0 Å². The van der Waals surface area contributed by atoms with Gasteiger partial charge in [0.05, 0.1) is 17.7 Å². The van der Waals surface area contributed by atoms with Crippen LogP contribution >= 0.6 is 11.6 Å². The largest absolute Gasteiger partial charge is 0.496 e. The van der Waals surface area contributed by atoms with Gasteiger partial charge in [-0.2, -0.15) is 0 Å². The summed E-state index contributed by atoms with van der Waals surface area (Å²) in [7, 11) is 1.60. The van der Waals surface area contributed by atoms with E-state index in [0.29, 0.717) is 35.8 Å². The average molecular weight is 435 g/mol. The summed E-state index contributed by atoms with van der Waals surface area (Å²) in [6.45, 7) is 0.669. The number of carbonyl (C=O) groups is 2. The number of benzene rings is 3. The van der Waals surface area contributed by atoms with Crippen molar-refractivity contribution in [3.63, 3.8) is 0 Å². The molecule has 158 valence electrons. The lowest BCUT2D eigenvalue weighted by molar-refractivity contribution is -0.126. The number of methoxy groups -OCH3 is 1. The van der Waals surface area contributed by atoms with E-state index in [-0.39, 0.29) is 11.8 Å². The molecule has 0 radical (unpaired) electrons. The minimum absolute atomic E-state index is 0.208. The Morgan fingerprint density at radius 1 is 1.00 bits per heavy atom. The van der Waals surface area contributed by atoms with Gasteiger partial charge >= 0.3 is 0 Å². The van der Waals surface area contributed by atoms with Crippen LogP contribution in [0.3, 0.4) is 0 Å². The first-order valence-electron chi connectivity index (χ1n) is 10.1. The summed E-state index contributed by atoms with van der Waals surface area (Å²) < 4.78 is 5.37. The highest BCUT2D eigenvalue weighted by atomic mass is 35.5. The molecule has 6 heteroatoms. The summed E-state index contributed by atoms with van der Waals surface area (Å²) in [5.41, 5.74) is 3.38. The number of ether oxygens (including phenoxy) is 1. The van der Waals surface area contributed by atoms with Crippen molar-refractivity contribution in [2.45, 2.75) is 25.6 Å². The second kappa shape index (κ2) is 9.23. The van der Waals surface area contributed by atoms with Crippen molar-refractivity contribution >= 4 is 23.4 Å². The summed E-state index contributed by atoms with van der Waals surface area (Å²) >= 11 is 6.28. The van der Waals surface area contributed by atoms with E-state index in [1.54, 1.807) is 36.3 Å². The quantitative estimate of drug-likeness (QED) is 0.653. The predicted molar refractivity (Wildman–Crippen MR) is 120 cm³/mol. The second-order valence-electron chi connectivity index (χ2n) is 7.43. The van der Waals surface area contributed by atoms with Crippen LogP contribution < -0.4 is 10.1 Å². The Labute approximate surface area is 186 Å². The first-order valence-corrected chi connectivity index (χ1v) is 10.5. The molecular weight excluding hydrogens is 412 g/mol. The Bertz CT molecular complexity index is 1120. The van der Waals surface area contributed by atoms with Crippen LogP contribution in [0.15, 0.2) is 72.8 Å². The lowest BCUT2D eigenvalue weighted by Crippen LogP contribution is -2.52. The summed E-state index contributed by atoms with van der Waals surface area (Å²) in [5.74, 6) is 0.249. The minimum Gasteiger partial charge on any atom is -0.496 e. The molecule has 1 unspecified atom stereocenters. The maximum atomic E-state index is 13.4. The van der Waals surface area contributed by atoms with E-state index < -0.39 is 6.04 Å². The minimum atomic E-state index is -0.631. The van der Waals surface area contributed by atoms with E-state index >= 15 is 0 Å². The molecule has 0 aliphatic carbocycles. The molecule has 1 N–H and O–H groups in total. The van der Waals surface area contributed by atoms with Crippen LogP contribution in [0.2, 0.25) is 5.02 Å². The fraction of sp³-hybridized carbons (Fsp3) is 0.200. The molecule has 0 saturated carbocycles. The highest BCUT2D eigenvalue weighted by molar-refractivity contribution is 6.33. The molecule has 0 bridgehead atoms. The first kappa shape index (κ1) is 20.9. The standard InChI is InChI=1S/C25H23ClN2O3/c1-31-23-13-7-4-9-18(23)15-27-24(29)22-14-17-8-2-3-10-19(17)16-28(22)25(30)20-11-5-6-12-21(20)26/h2-13,22H,14-16H2,1H3,(H,27,29). The monoisotopic (exact) mass is 434 g/mol. The number of para-hydroxylation sites is 1. The third-order valence-electron chi connectivity index (χ3n) is 5.56. The lowest BCUT2D eigenvalue weighted by atomic mass is 9.92. The van der Waals surface area contributed by atoms with Crippen LogP contribution in [-0.2, 0) is 24.3 Å². The van der Waals surface area contributed by atoms with E-state index in [0.717, 1.165) is 16.7 Å². The Morgan fingerprint density at radius 3 is 2.45 bits per heavy atom. The normalized spacial score (nSPS) is 15.2. The number of rotatable bonds is 5. The molecule has 1 aliphatic rings. The zero-order valence-electron chi connectivity index (χ0n) is 17.2. The molecule has 5 nitrogen and oxygen atoms in total. The van der Waals surface area contributed by atoms with E-state index in [9.17, 15) is 9.59 Å². The number of halogens is 1. The molecule has 3 aromatic rings. The highest BCUT2D eigenvalue weighted by Gasteiger charge is 2.35. The number of hydrogen-bond donors (Lipinski definition) is 1. The maximum Gasteiger partial charge on any atom is 0.256 e. The number of carbonyl (C=O) groups excluding carboxylic acids is 2. The second-order valence-corrected chi connectivity index (χ2v) is 7.84. The van der Waals surface area contributed by atoms with Crippen LogP contribution in [0.4, 0.5) is 0 Å². The van der Waals surface area contributed by atoms with Gasteiger partial charge in [-0.3, -0.25) is 9.59 Å². The molecule has 2 amide bonds. The molecular formula is C25H23ClN2O3. The van der Waals surface area contributed by atoms with Crippen molar-refractivity contribution in [3.05, 3.63) is 100 Å². The van der Waals surface area contributed by atoms with Crippen LogP contribution in [0.5, 0.6) is 5.75 Å². The molecule has 1 heterocycles. The smallest absolute Gasteiger partial charge is 0.256 e. The Balaban J connectivity index is 1.60. The molecule has 0 spiro atoms. The average Bonchev–Trinajstić information content (AvgIpc) is 2.81. The van der Waals surface area contributed by atoms with Gasteiger partial charge in [0, 0.05) is 25.1 Å². The van der Waals surface area contributed by atoms with Crippen molar-refractivity contribution in [2.24, 2.45) is 0 Å². The molecule has 1 aliphatic heterocycles. The van der Waals surface area contributed by atoms with Crippen LogP contribution in [0.25, 0.3) is 0 Å². The maximum absolute atomic E-state index is 13.4. The van der Waals surface area contributed by atoms with Gasteiger partial charge in [0.25, 0.3) is 5.91 Å². The predicted octanol–water partition coefficient (Wildman–Crippen LogP) is 4.23. The van der Waals surface area contributed by atoms with Gasteiger partial charge in [-0.15, -0.1) is 0 Å². The molecule has 1 atom stereocenters. The summed E-state index contributed by atoms with van der Waals surface area (Å²) in [6, 6.07) is 21.7. The summed E-state index contributed by atoms with van der Waals surface area (Å²) in [4.78, 5) is 28.2. The fourth-order valence-corrected chi connectivity index (χ4v) is 4.13. The van der Waals surface area contributed by atoms with Gasteiger partial charge in [0.2, 0.25) is 5.91 Å². The van der Waals surface area contributed by atoms with E-state index in [1.165, 1.54) is 0 Å². The van der Waals surface area contributed by atoms with E-state index in [4.69, 9.17) is 16.3 Å². The third-order valence-corrected chi connectivity index (χ3v) is 5.89. The van der Waals surface area contributed by atoms with Gasteiger partial charge < -0.3 is 15.0 Å². The molecule has 0 aromatic heterocycles.